The Hall–Kier alpha value is -4.35. The van der Waals surface area contributed by atoms with Crippen molar-refractivity contribution in [2.45, 2.75) is 348 Å². The molecule has 0 N–H and O–H groups in total. The molecule has 5 saturated carbocycles. The van der Waals surface area contributed by atoms with Gasteiger partial charge in [0.05, 0.1) is 79.2 Å². The summed E-state index contributed by atoms with van der Waals surface area (Å²) in [6, 6.07) is 25.2. The van der Waals surface area contributed by atoms with Gasteiger partial charge in [-0.1, -0.05) is 316 Å². The fraction of sp³-hybridized carbons (Fsp3) is 0.632. The van der Waals surface area contributed by atoms with Crippen molar-refractivity contribution in [1.29, 1.82) is 0 Å². The number of benzene rings is 5. The number of esters is 5. The highest BCUT2D eigenvalue weighted by molar-refractivity contribution is 7.81. The third-order valence-corrected chi connectivity index (χ3v) is 27.7. The molecular formula is C95H135Cl5F5O10S5. The maximum Gasteiger partial charge on any atom is 0.314 e. The van der Waals surface area contributed by atoms with Crippen LogP contribution in [0.3, 0.4) is 0 Å². The molecule has 10 rings (SSSR count). The molecule has 0 atom stereocenters. The largest absolute Gasteiger partial charge is 0.426 e. The van der Waals surface area contributed by atoms with E-state index in [9.17, 15) is 24.0 Å². The van der Waals surface area contributed by atoms with Gasteiger partial charge in [-0.3, -0.25) is 47.5 Å². The maximum absolute atomic E-state index is 12.3. The molecule has 5 aliphatic rings. The van der Waals surface area contributed by atoms with Gasteiger partial charge in [0.2, 0.25) is 0 Å². The summed E-state index contributed by atoms with van der Waals surface area (Å²) >= 11 is 55.1. The number of rotatable bonds is 35. The lowest BCUT2D eigenvalue weighted by atomic mass is 9.80. The SMILES string of the molecule is CCCCCCC1CCC(C(=O)Oc2ccc([S])c(Cl)c2)CC1.CCCCCCC1CCC(C(=O)Oc2ccc([S])c(Cl)c2)CC1.CCCCCCC1CCC(C(=O)Oc2ccc([S])c(Cl)c2)CC1.CCCCCCC1CCC(C(=O)Oc2ccc([S])c(Cl)c2)CC1.CCCCCCC1CCC(C(=O)Oc2ccc([S])c(Cl)c2)CC1.F.F.F.F.F. The smallest absolute Gasteiger partial charge is 0.314 e. The van der Waals surface area contributed by atoms with Gasteiger partial charge < -0.3 is 23.7 Å². The molecule has 5 radical (unpaired) electrons. The molecule has 0 spiro atoms. The van der Waals surface area contributed by atoms with E-state index < -0.39 is 0 Å². The van der Waals surface area contributed by atoms with E-state index in [-0.39, 0.29) is 83.0 Å². The fourth-order valence-corrected chi connectivity index (χ4v) is 17.9. The summed E-state index contributed by atoms with van der Waals surface area (Å²) in [5.74, 6) is 6.00. The van der Waals surface area contributed by atoms with Gasteiger partial charge in [-0.05, 0) is 219 Å². The van der Waals surface area contributed by atoms with Crippen molar-refractivity contribution in [3.63, 3.8) is 0 Å². The van der Waals surface area contributed by atoms with Gasteiger partial charge in [0, 0.05) is 30.3 Å². The Morgan fingerprint density at radius 1 is 0.242 bits per heavy atom. The molecule has 5 aromatic carbocycles. The van der Waals surface area contributed by atoms with Crippen LogP contribution in [-0.2, 0) is 24.0 Å². The quantitative estimate of drug-likeness (QED) is 0.0167. The van der Waals surface area contributed by atoms with Crippen LogP contribution < -0.4 is 23.7 Å². The van der Waals surface area contributed by atoms with Crippen molar-refractivity contribution in [2.24, 2.45) is 59.2 Å². The van der Waals surface area contributed by atoms with E-state index in [1.165, 1.54) is 161 Å². The number of carbonyl (C=O) groups excluding carboxylic acids is 5. The Balaban J connectivity index is 0.000000742. The van der Waals surface area contributed by atoms with Crippen LogP contribution in [0, 0.1) is 59.2 Å². The van der Waals surface area contributed by atoms with Gasteiger partial charge in [-0.2, -0.15) is 0 Å². The highest BCUT2D eigenvalue weighted by atomic mass is 35.5. The molecule has 10 nitrogen and oxygen atoms in total. The van der Waals surface area contributed by atoms with Crippen LogP contribution in [0.15, 0.2) is 115 Å². The zero-order valence-electron chi connectivity index (χ0n) is 71.3. The number of unbranched alkanes of at least 4 members (excludes halogenated alkanes) is 15. The maximum atomic E-state index is 12.3. The van der Waals surface area contributed by atoms with Crippen LogP contribution in [0.25, 0.3) is 0 Å². The monoisotopic (exact) mass is 1870 g/mol. The highest BCUT2D eigenvalue weighted by Gasteiger charge is 2.33. The lowest BCUT2D eigenvalue weighted by Gasteiger charge is -2.27. The zero-order valence-corrected chi connectivity index (χ0v) is 79.2. The van der Waals surface area contributed by atoms with Crippen LogP contribution in [0.2, 0.25) is 25.1 Å². The van der Waals surface area contributed by atoms with E-state index in [4.69, 9.17) is 145 Å². The second-order valence-corrected chi connectivity index (χ2v) is 37.1. The molecule has 0 amide bonds. The molecule has 5 aromatic rings. The Labute approximate surface area is 768 Å². The summed E-state index contributed by atoms with van der Waals surface area (Å²) in [7, 11) is 0. The molecule has 675 valence electrons. The minimum atomic E-state index is -0.123. The van der Waals surface area contributed by atoms with Crippen LogP contribution in [0.1, 0.15) is 324 Å². The molecule has 0 unspecified atom stereocenters. The molecule has 0 bridgehead atoms. The second-order valence-electron chi connectivity index (χ2n) is 32.9. The van der Waals surface area contributed by atoms with Crippen LogP contribution in [-0.4, -0.2) is 29.8 Å². The molecule has 25 heteroatoms. The van der Waals surface area contributed by atoms with Gasteiger partial charge in [0.15, 0.2) is 0 Å². The molecule has 0 saturated heterocycles. The normalized spacial score (nSPS) is 20.2. The topological polar surface area (TPSA) is 132 Å². The third kappa shape index (κ3) is 44.2. The van der Waals surface area contributed by atoms with Gasteiger partial charge in [0.25, 0.3) is 0 Å². The van der Waals surface area contributed by atoms with Crippen molar-refractivity contribution >= 4 is 151 Å². The Morgan fingerprint density at radius 2 is 0.383 bits per heavy atom. The van der Waals surface area contributed by atoms with Crippen molar-refractivity contribution in [1.82, 2.24) is 0 Å². The average molecular weight is 1870 g/mol. The van der Waals surface area contributed by atoms with E-state index in [0.717, 1.165) is 158 Å². The predicted octanol–water partition coefficient (Wildman–Crippen LogP) is 33.7. The molecule has 0 aliphatic heterocycles. The third-order valence-electron chi connectivity index (χ3n) is 23.8. The fourth-order valence-electron chi connectivity index (χ4n) is 16.5. The zero-order chi connectivity index (χ0) is 83.3. The summed E-state index contributed by atoms with van der Waals surface area (Å²) < 4.78 is 27.3. The molecule has 5 fully saturated rings. The number of ether oxygens (including phenoxy) is 5. The minimum Gasteiger partial charge on any atom is -0.426 e. The predicted molar refractivity (Wildman–Crippen MR) is 498 cm³/mol. The average Bonchev–Trinajstić information content (AvgIpc) is 0.872. The molecule has 0 heterocycles. The minimum absolute atomic E-state index is 0. The standard InChI is InChI=1S/5C19H26ClO2S.5FH/c5*1-2-3-4-5-6-14-7-9-15(10-8-14)19(21)22-16-11-12-18(23)17(20)13-16;;;;;/h5*11-15H,2-10H2,1H3;5*1H. The van der Waals surface area contributed by atoms with Gasteiger partial charge in [-0.25, -0.2) is 0 Å². The van der Waals surface area contributed by atoms with Gasteiger partial charge in [-0.15, -0.1) is 0 Å². The summed E-state index contributed by atoms with van der Waals surface area (Å²) in [6.45, 7) is 11.2. The lowest BCUT2D eigenvalue weighted by Crippen LogP contribution is -2.25. The first kappa shape index (κ1) is 114. The molecule has 120 heavy (non-hydrogen) atoms. The number of carbonyl (C=O) groups is 5. The highest BCUT2D eigenvalue weighted by Crippen LogP contribution is 2.41. The second kappa shape index (κ2) is 65.2. The van der Waals surface area contributed by atoms with Crippen LogP contribution >= 0.6 is 121 Å². The van der Waals surface area contributed by atoms with Crippen LogP contribution in [0.5, 0.6) is 28.7 Å². The first-order valence-corrected chi connectivity index (χ1v) is 47.8. The van der Waals surface area contributed by atoms with E-state index >= 15 is 0 Å². The van der Waals surface area contributed by atoms with Crippen LogP contribution in [0.4, 0.5) is 23.5 Å². The molecular weight excluding hydrogens is 1730 g/mol. The summed E-state index contributed by atoms with van der Waals surface area (Å²) in [4.78, 5) is 64.3. The van der Waals surface area contributed by atoms with Gasteiger partial charge >= 0.3 is 29.8 Å². The van der Waals surface area contributed by atoms with Crippen molar-refractivity contribution in [3.8, 4) is 28.7 Å². The number of halogens is 10. The Kier molecular flexibility index (Phi) is 61.8. The van der Waals surface area contributed by atoms with E-state index in [2.05, 4.69) is 34.6 Å². The summed E-state index contributed by atoms with van der Waals surface area (Å²) in [5, 5.41) is 2.30. The van der Waals surface area contributed by atoms with E-state index in [1.807, 2.05) is 0 Å². The first-order valence-electron chi connectivity index (χ1n) is 43.9. The van der Waals surface area contributed by atoms with Crippen molar-refractivity contribution < 1.29 is 71.2 Å². The first-order chi connectivity index (χ1) is 55.5. The van der Waals surface area contributed by atoms with E-state index in [1.54, 1.807) is 91.0 Å². The number of hydrogen-bond acceptors (Lipinski definition) is 10. The van der Waals surface area contributed by atoms with Gasteiger partial charge in [0.1, 0.15) is 28.7 Å². The van der Waals surface area contributed by atoms with Crippen molar-refractivity contribution in [3.05, 3.63) is 116 Å². The molecule has 0 aromatic heterocycles. The van der Waals surface area contributed by atoms with E-state index in [0.29, 0.717) is 78.3 Å². The lowest BCUT2D eigenvalue weighted by molar-refractivity contribution is -0.141. The Morgan fingerprint density at radius 3 is 0.508 bits per heavy atom. The van der Waals surface area contributed by atoms with Crippen molar-refractivity contribution in [2.75, 3.05) is 0 Å². The Bertz CT molecular complexity index is 3120. The summed E-state index contributed by atoms with van der Waals surface area (Å²) in [5.41, 5.74) is 0. The number of hydrogen-bond donors (Lipinski definition) is 0. The summed E-state index contributed by atoms with van der Waals surface area (Å²) in [6.07, 6.45) is 54.1. The molecule has 5 aliphatic carbocycles.